The van der Waals surface area contributed by atoms with Crippen LogP contribution in [-0.2, 0) is 6.54 Å². The van der Waals surface area contributed by atoms with Crippen LogP contribution in [0.4, 0.5) is 5.69 Å². The Kier molecular flexibility index (Phi) is 4.80. The van der Waals surface area contributed by atoms with E-state index in [9.17, 15) is 9.90 Å². The Bertz CT molecular complexity index is 1320. The van der Waals surface area contributed by atoms with E-state index in [1.165, 1.54) is 12.1 Å². The number of hydrogen-bond donors (Lipinski definition) is 2. The molecule has 1 amide bonds. The molecule has 2 aromatic heterocycles. The Balaban J connectivity index is 1.58. The zero-order valence-electron chi connectivity index (χ0n) is 16.3. The first-order valence-corrected chi connectivity index (χ1v) is 9.67. The second-order valence-electron chi connectivity index (χ2n) is 6.89. The van der Waals surface area contributed by atoms with Crippen molar-refractivity contribution < 1.29 is 28.2 Å². The predicted molar refractivity (Wildman–Crippen MR) is 110 cm³/mol. The molecule has 0 aliphatic carbocycles. The predicted octanol–water partition coefficient (Wildman–Crippen LogP) is 3.67. The summed E-state index contributed by atoms with van der Waals surface area (Å²) in [6, 6.07) is 15.1. The molecule has 3 heterocycles. The van der Waals surface area contributed by atoms with E-state index in [4.69, 9.17) is 18.3 Å². The number of carbonyl (C=O) groups excluding carboxylic acids is 1. The van der Waals surface area contributed by atoms with Crippen LogP contribution < -0.4 is 20.3 Å². The zero-order valence-corrected chi connectivity index (χ0v) is 16.3. The van der Waals surface area contributed by atoms with Crippen LogP contribution in [0.2, 0.25) is 0 Å². The van der Waals surface area contributed by atoms with Gasteiger partial charge in [0.05, 0.1) is 18.5 Å². The van der Waals surface area contributed by atoms with Gasteiger partial charge in [0.15, 0.2) is 11.5 Å². The molecular formula is C23H18N2O6. The van der Waals surface area contributed by atoms with E-state index >= 15 is 0 Å². The monoisotopic (exact) mass is 418 g/mol. The topological polar surface area (TPSA) is 106 Å². The lowest BCUT2D eigenvalue weighted by atomic mass is 10.1. The summed E-state index contributed by atoms with van der Waals surface area (Å²) >= 11 is 0. The second-order valence-corrected chi connectivity index (χ2v) is 6.89. The molecule has 5 rings (SSSR count). The van der Waals surface area contributed by atoms with Crippen LogP contribution in [0, 0.1) is 0 Å². The van der Waals surface area contributed by atoms with Gasteiger partial charge in [-0.15, -0.1) is 0 Å². The molecule has 0 unspecified atom stereocenters. The van der Waals surface area contributed by atoms with Gasteiger partial charge in [-0.2, -0.15) is 0 Å². The third kappa shape index (κ3) is 3.95. The van der Waals surface area contributed by atoms with Crippen molar-refractivity contribution in [2.24, 2.45) is 4.99 Å². The van der Waals surface area contributed by atoms with Crippen LogP contribution >= 0.6 is 0 Å². The molecule has 0 bridgehead atoms. The number of aromatic hydroxyl groups is 1. The average molecular weight is 418 g/mol. The van der Waals surface area contributed by atoms with Crippen molar-refractivity contribution in [3.8, 4) is 17.2 Å². The number of phenolic OH excluding ortho intramolecular Hbond substituents is 1. The van der Waals surface area contributed by atoms with Gasteiger partial charge >= 0.3 is 0 Å². The summed E-state index contributed by atoms with van der Waals surface area (Å²) in [6.45, 7) is 1.17. The van der Waals surface area contributed by atoms with Crippen molar-refractivity contribution in [2.75, 3.05) is 13.2 Å². The highest BCUT2D eigenvalue weighted by Gasteiger charge is 2.15. The SMILES string of the molecule is O=C(NCc1ccco1)c1cc2ccc(O)cc2oc1=Nc1ccc2c(c1)OCCO2. The molecule has 2 aromatic carbocycles. The molecule has 31 heavy (non-hydrogen) atoms. The molecule has 156 valence electrons. The van der Waals surface area contributed by atoms with Crippen LogP contribution in [0.15, 0.2) is 74.7 Å². The Morgan fingerprint density at radius 3 is 2.74 bits per heavy atom. The average Bonchev–Trinajstić information content (AvgIpc) is 3.30. The number of hydrogen-bond acceptors (Lipinski definition) is 7. The summed E-state index contributed by atoms with van der Waals surface area (Å²) in [4.78, 5) is 17.5. The van der Waals surface area contributed by atoms with Crippen LogP contribution in [0.3, 0.4) is 0 Å². The fraction of sp³-hybridized carbons (Fsp3) is 0.130. The number of furan rings is 1. The first-order valence-electron chi connectivity index (χ1n) is 9.67. The van der Waals surface area contributed by atoms with E-state index in [2.05, 4.69) is 10.3 Å². The van der Waals surface area contributed by atoms with Gasteiger partial charge < -0.3 is 28.7 Å². The van der Waals surface area contributed by atoms with E-state index < -0.39 is 0 Å². The van der Waals surface area contributed by atoms with E-state index in [-0.39, 0.29) is 29.3 Å². The van der Waals surface area contributed by atoms with Gasteiger partial charge in [-0.25, -0.2) is 4.99 Å². The minimum absolute atomic E-state index is 0.0524. The normalized spacial score (nSPS) is 13.4. The molecule has 0 saturated heterocycles. The highest BCUT2D eigenvalue weighted by Crippen LogP contribution is 2.33. The number of benzene rings is 2. The third-order valence-corrected chi connectivity index (χ3v) is 4.74. The maximum Gasteiger partial charge on any atom is 0.257 e. The summed E-state index contributed by atoms with van der Waals surface area (Å²) < 4.78 is 22.3. The number of carbonyl (C=O) groups is 1. The molecule has 2 N–H and O–H groups in total. The van der Waals surface area contributed by atoms with Crippen molar-refractivity contribution in [2.45, 2.75) is 6.54 Å². The summed E-state index contributed by atoms with van der Waals surface area (Å²) in [5.74, 6) is 1.53. The van der Waals surface area contributed by atoms with Crippen molar-refractivity contribution in [1.82, 2.24) is 5.32 Å². The van der Waals surface area contributed by atoms with Gasteiger partial charge in [0.1, 0.15) is 35.9 Å². The Morgan fingerprint density at radius 1 is 1.03 bits per heavy atom. The number of amides is 1. The number of nitrogens with zero attached hydrogens (tertiary/aromatic N) is 1. The molecule has 0 fully saturated rings. The molecule has 4 aromatic rings. The summed E-state index contributed by atoms with van der Waals surface area (Å²) in [5, 5.41) is 13.3. The molecule has 8 heteroatoms. The number of rotatable bonds is 4. The highest BCUT2D eigenvalue weighted by atomic mass is 16.6. The molecule has 1 aliphatic rings. The van der Waals surface area contributed by atoms with Gasteiger partial charge in [-0.3, -0.25) is 4.79 Å². The minimum Gasteiger partial charge on any atom is -0.508 e. The largest absolute Gasteiger partial charge is 0.508 e. The lowest BCUT2D eigenvalue weighted by molar-refractivity contribution is 0.0944. The first kappa shape index (κ1) is 18.8. The van der Waals surface area contributed by atoms with Gasteiger partial charge in [-0.05, 0) is 42.5 Å². The van der Waals surface area contributed by atoms with Crippen molar-refractivity contribution >= 4 is 22.6 Å². The van der Waals surface area contributed by atoms with Crippen molar-refractivity contribution in [3.05, 3.63) is 77.7 Å². The summed E-state index contributed by atoms with van der Waals surface area (Å²) in [5.41, 5.74) is 1.29. The van der Waals surface area contributed by atoms with Crippen LogP contribution in [0.5, 0.6) is 17.2 Å². The quantitative estimate of drug-likeness (QED) is 0.524. The Morgan fingerprint density at radius 2 is 1.90 bits per heavy atom. The van der Waals surface area contributed by atoms with Gasteiger partial charge in [0, 0.05) is 17.5 Å². The lowest BCUT2D eigenvalue weighted by Gasteiger charge is -2.18. The first-order chi connectivity index (χ1) is 15.2. The molecular weight excluding hydrogens is 400 g/mol. The van der Waals surface area contributed by atoms with E-state index in [1.54, 1.807) is 48.7 Å². The number of nitrogens with one attached hydrogen (secondary N) is 1. The fourth-order valence-corrected chi connectivity index (χ4v) is 3.25. The molecule has 0 atom stereocenters. The van der Waals surface area contributed by atoms with E-state index in [1.807, 2.05) is 0 Å². The smallest absolute Gasteiger partial charge is 0.257 e. The van der Waals surface area contributed by atoms with Crippen molar-refractivity contribution in [3.63, 3.8) is 0 Å². The molecule has 1 aliphatic heterocycles. The molecule has 0 radical (unpaired) electrons. The zero-order chi connectivity index (χ0) is 21.2. The molecule has 0 saturated carbocycles. The second kappa shape index (κ2) is 7.91. The van der Waals surface area contributed by atoms with Crippen molar-refractivity contribution in [1.29, 1.82) is 0 Å². The maximum atomic E-state index is 12.9. The molecule has 8 nitrogen and oxygen atoms in total. The lowest BCUT2D eigenvalue weighted by Crippen LogP contribution is -2.28. The van der Waals surface area contributed by atoms with Gasteiger partial charge in [-0.1, -0.05) is 0 Å². The third-order valence-electron chi connectivity index (χ3n) is 4.74. The Hall–Kier alpha value is -4.20. The summed E-state index contributed by atoms with van der Waals surface area (Å²) in [7, 11) is 0. The molecule has 0 spiro atoms. The number of fused-ring (bicyclic) bond motifs is 2. The minimum atomic E-state index is -0.369. The summed E-state index contributed by atoms with van der Waals surface area (Å²) in [6.07, 6.45) is 1.54. The number of ether oxygens (including phenoxy) is 2. The van der Waals surface area contributed by atoms with E-state index in [0.717, 1.165) is 0 Å². The van der Waals surface area contributed by atoms with Crippen LogP contribution in [-0.4, -0.2) is 24.2 Å². The fourth-order valence-electron chi connectivity index (χ4n) is 3.25. The number of phenols is 1. The van der Waals surface area contributed by atoms with Gasteiger partial charge in [0.2, 0.25) is 5.55 Å². The standard InChI is InChI=1S/C23H18N2O6/c26-16-5-3-14-10-18(22(27)24-13-17-2-1-7-28-17)23(31-20(14)12-16)25-15-4-6-19-21(11-15)30-9-8-29-19/h1-7,10-12,26H,8-9,13H2,(H,24,27). The van der Waals surface area contributed by atoms with E-state index in [0.29, 0.717) is 47.1 Å². The Labute approximate surface area is 176 Å². The van der Waals surface area contributed by atoms with Gasteiger partial charge in [0.25, 0.3) is 5.91 Å². The maximum absolute atomic E-state index is 12.9. The van der Waals surface area contributed by atoms with Crippen LogP contribution in [0.25, 0.3) is 11.0 Å². The van der Waals surface area contributed by atoms with Crippen LogP contribution in [0.1, 0.15) is 16.1 Å². The highest BCUT2D eigenvalue weighted by molar-refractivity contribution is 5.96.